The molecule has 21 heteroatoms. The van der Waals surface area contributed by atoms with Crippen LogP contribution < -0.4 is 33.0 Å². The smallest absolute Gasteiger partial charge is 0.483 e. The van der Waals surface area contributed by atoms with Crippen LogP contribution in [0.5, 0.6) is 0 Å². The van der Waals surface area contributed by atoms with Crippen LogP contribution in [0.2, 0.25) is 0 Å². The van der Waals surface area contributed by atoms with Crippen molar-refractivity contribution in [3.63, 3.8) is 0 Å². The average molecular weight is 775 g/mol. The van der Waals surface area contributed by atoms with Gasteiger partial charge in [-0.25, -0.2) is 9.78 Å². The Hall–Kier alpha value is -6.15. The third-order valence-corrected chi connectivity index (χ3v) is 7.02. The van der Waals surface area contributed by atoms with E-state index in [0.717, 1.165) is 31.2 Å². The van der Waals surface area contributed by atoms with Gasteiger partial charge < -0.3 is 37.6 Å². The molecule has 54 heavy (non-hydrogen) atoms. The summed E-state index contributed by atoms with van der Waals surface area (Å²) in [5.74, 6) is -3.10. The van der Waals surface area contributed by atoms with Crippen molar-refractivity contribution in [2.24, 2.45) is 11.7 Å². The first-order valence-electron chi connectivity index (χ1n) is 15.8. The number of carboxylic acid groups (broad SMARTS) is 2. The van der Waals surface area contributed by atoms with Gasteiger partial charge >= 0.3 is 18.8 Å². The number of carbonyl (C=O) groups excluding carboxylic acids is 2. The molecule has 4 rings (SSSR count). The Morgan fingerprint density at radius 1 is 1.07 bits per heavy atom. The summed E-state index contributed by atoms with van der Waals surface area (Å²) in [5.41, 5.74) is 14.5. The number of aliphatic carboxylic acids is 1. The minimum Gasteiger partial charge on any atom is -0.483 e. The summed E-state index contributed by atoms with van der Waals surface area (Å²) in [5, 5.41) is 30.3. The minimum atomic E-state index is -5.08. The molecule has 0 aliphatic heterocycles. The average Bonchev–Trinajstić information content (AvgIpc) is 3.61. The SMILES string of the molecule is CC(C)Nc1ncc(-c2cc(N)cc(NC(=O)C3CCCC3)c2)n(CC(=O)NCc2ccc(C(=N)N)cc2)c1=O.FC(F)F.O=C(O)C(F)(F)F.O=CO. The number of aromatic nitrogens is 2. The Morgan fingerprint density at radius 3 is 2.09 bits per heavy atom. The Balaban J connectivity index is 0.000000891. The number of amidine groups is 1. The zero-order valence-corrected chi connectivity index (χ0v) is 28.9. The van der Waals surface area contributed by atoms with E-state index in [4.69, 9.17) is 36.7 Å². The van der Waals surface area contributed by atoms with Crippen molar-refractivity contribution in [3.05, 3.63) is 70.1 Å². The van der Waals surface area contributed by atoms with E-state index in [9.17, 15) is 40.7 Å². The number of benzene rings is 2. The number of anilines is 3. The van der Waals surface area contributed by atoms with Gasteiger partial charge in [0.1, 0.15) is 12.4 Å². The van der Waals surface area contributed by atoms with Crippen LogP contribution in [-0.4, -0.2) is 68.8 Å². The number of hydrogen-bond donors (Lipinski definition) is 8. The summed E-state index contributed by atoms with van der Waals surface area (Å²) in [4.78, 5) is 60.8. The van der Waals surface area contributed by atoms with Gasteiger partial charge in [-0.05, 0) is 50.5 Å². The molecule has 296 valence electrons. The molecule has 15 nitrogen and oxygen atoms in total. The molecule has 0 unspecified atom stereocenters. The largest absolute Gasteiger partial charge is 0.490 e. The van der Waals surface area contributed by atoms with Crippen LogP contribution in [0.25, 0.3) is 11.3 Å². The molecule has 3 aromatic rings. The maximum absolute atomic E-state index is 13.5. The summed E-state index contributed by atoms with van der Waals surface area (Å²) in [7, 11) is 0. The molecule has 10 N–H and O–H groups in total. The standard InChI is InChI=1S/C29H36N8O3.C2HF3O2.CHF3.CH2O2/c1-17(2)35-27-29(40)37(16-25(38)33-14-18-7-9-19(10-8-18)26(31)32)24(15-34-27)21-11-22(30)13-23(12-21)36-28(39)20-5-3-4-6-20;3-2(4,5)1(6)7;2-1(3)4;2-1-3/h7-13,15,17,20H,3-6,14,16,30H2,1-2H3,(H3,31,32)(H,33,38)(H,34,35)(H,36,39);(H,6,7);1H;1H,(H,2,3). The highest BCUT2D eigenvalue weighted by molar-refractivity contribution is 5.95. The molecular formula is C33H40F6N8O7. The number of nitrogen functional groups attached to an aromatic ring is 2. The number of nitrogens with one attached hydrogen (secondary N) is 4. The van der Waals surface area contributed by atoms with E-state index in [1.165, 1.54) is 10.8 Å². The van der Waals surface area contributed by atoms with Gasteiger partial charge in [0.15, 0.2) is 5.82 Å². The molecule has 0 spiro atoms. The number of carbonyl (C=O) groups is 4. The zero-order valence-electron chi connectivity index (χ0n) is 28.9. The van der Waals surface area contributed by atoms with E-state index in [1.807, 2.05) is 13.8 Å². The van der Waals surface area contributed by atoms with Gasteiger partial charge in [0.2, 0.25) is 11.8 Å². The van der Waals surface area contributed by atoms with Gasteiger partial charge in [-0.3, -0.25) is 29.2 Å². The number of amides is 2. The third-order valence-electron chi connectivity index (χ3n) is 7.02. The summed E-state index contributed by atoms with van der Waals surface area (Å²) in [6.07, 6.45) is 0.258. The van der Waals surface area contributed by atoms with E-state index in [1.54, 1.807) is 42.5 Å². The fraction of sp³-hybridized carbons (Fsp3) is 0.364. The number of carboxylic acids is 1. The van der Waals surface area contributed by atoms with Gasteiger partial charge in [-0.2, -0.15) is 26.3 Å². The Bertz CT molecular complexity index is 1780. The first-order valence-corrected chi connectivity index (χ1v) is 15.8. The highest BCUT2D eigenvalue weighted by Crippen LogP contribution is 2.29. The predicted molar refractivity (Wildman–Crippen MR) is 186 cm³/mol. The molecule has 0 atom stereocenters. The number of nitrogens with two attached hydrogens (primary N) is 2. The lowest BCUT2D eigenvalue weighted by Gasteiger charge is -2.17. The van der Waals surface area contributed by atoms with Gasteiger partial charge in [0.25, 0.3) is 12.0 Å². The number of halogens is 6. The summed E-state index contributed by atoms with van der Waals surface area (Å²) in [6.45, 7) is -0.159. The van der Waals surface area contributed by atoms with Gasteiger partial charge in [-0.15, -0.1) is 0 Å². The fourth-order valence-corrected chi connectivity index (χ4v) is 4.75. The summed E-state index contributed by atoms with van der Waals surface area (Å²) >= 11 is 0. The first-order chi connectivity index (χ1) is 25.2. The van der Waals surface area contributed by atoms with Crippen LogP contribution >= 0.6 is 0 Å². The van der Waals surface area contributed by atoms with Crippen molar-refractivity contribution >= 4 is 47.3 Å². The summed E-state index contributed by atoms with van der Waals surface area (Å²) in [6, 6.07) is 12.0. The monoisotopic (exact) mass is 774 g/mol. The summed E-state index contributed by atoms with van der Waals surface area (Å²) < 4.78 is 62.1. The van der Waals surface area contributed by atoms with Crippen molar-refractivity contribution in [1.82, 2.24) is 14.9 Å². The van der Waals surface area contributed by atoms with E-state index in [2.05, 4.69) is 20.9 Å². The van der Waals surface area contributed by atoms with Crippen molar-refractivity contribution in [2.45, 2.75) is 71.5 Å². The Labute approximate surface area is 304 Å². The Kier molecular flexibility index (Phi) is 18.7. The molecule has 0 saturated heterocycles. The van der Waals surface area contributed by atoms with E-state index in [-0.39, 0.29) is 55.0 Å². The Morgan fingerprint density at radius 2 is 1.61 bits per heavy atom. The number of alkyl halides is 6. The number of rotatable bonds is 10. The fourth-order valence-electron chi connectivity index (χ4n) is 4.75. The molecule has 0 bridgehead atoms. The molecule has 1 fully saturated rings. The van der Waals surface area contributed by atoms with Crippen molar-refractivity contribution in [2.75, 3.05) is 16.4 Å². The number of hydrogen-bond acceptors (Lipinski definition) is 9. The van der Waals surface area contributed by atoms with Crippen LogP contribution in [0.15, 0.2) is 53.5 Å². The van der Waals surface area contributed by atoms with Crippen molar-refractivity contribution in [3.8, 4) is 11.3 Å². The highest BCUT2D eigenvalue weighted by Gasteiger charge is 2.38. The lowest BCUT2D eigenvalue weighted by atomic mass is 10.1. The highest BCUT2D eigenvalue weighted by atomic mass is 19.4. The second-order valence-electron chi connectivity index (χ2n) is 11.5. The second-order valence-corrected chi connectivity index (χ2v) is 11.5. The third kappa shape index (κ3) is 16.5. The predicted octanol–water partition coefficient (Wildman–Crippen LogP) is 4.55. The molecule has 2 aromatic carbocycles. The van der Waals surface area contributed by atoms with Crippen LogP contribution in [0.1, 0.15) is 50.7 Å². The minimum absolute atomic E-state index is 0.0199. The zero-order chi connectivity index (χ0) is 41.2. The van der Waals surface area contributed by atoms with Crippen LogP contribution in [-0.2, 0) is 32.3 Å². The molecule has 0 radical (unpaired) electrons. The molecule has 1 heterocycles. The van der Waals surface area contributed by atoms with Crippen LogP contribution in [0.3, 0.4) is 0 Å². The van der Waals surface area contributed by atoms with Gasteiger partial charge in [-0.1, -0.05) is 37.1 Å². The van der Waals surface area contributed by atoms with E-state index >= 15 is 0 Å². The molecule has 1 aliphatic rings. The van der Waals surface area contributed by atoms with E-state index < -0.39 is 24.4 Å². The topological polar surface area (TPSA) is 256 Å². The maximum atomic E-state index is 13.5. The number of nitrogens with zero attached hydrogens (tertiary/aromatic N) is 2. The van der Waals surface area contributed by atoms with Crippen LogP contribution in [0.4, 0.5) is 43.5 Å². The molecule has 1 aliphatic carbocycles. The van der Waals surface area contributed by atoms with Crippen molar-refractivity contribution in [1.29, 1.82) is 5.41 Å². The van der Waals surface area contributed by atoms with Crippen LogP contribution in [0, 0.1) is 11.3 Å². The molecule has 1 aromatic heterocycles. The van der Waals surface area contributed by atoms with Crippen molar-refractivity contribution < 1.29 is 55.7 Å². The maximum Gasteiger partial charge on any atom is 0.490 e. The van der Waals surface area contributed by atoms with Gasteiger partial charge in [0, 0.05) is 41.0 Å². The van der Waals surface area contributed by atoms with Gasteiger partial charge in [0.05, 0.1) is 11.9 Å². The molecule has 1 saturated carbocycles. The molecule has 2 amide bonds. The lowest BCUT2D eigenvalue weighted by Crippen LogP contribution is -2.35. The second kappa shape index (κ2) is 22.0. The molecular weight excluding hydrogens is 734 g/mol. The quantitative estimate of drug-likeness (QED) is 0.0466. The normalized spacial score (nSPS) is 12.2. The first kappa shape index (κ1) is 45.9. The van der Waals surface area contributed by atoms with E-state index in [0.29, 0.717) is 28.2 Å². The lowest BCUT2D eigenvalue weighted by molar-refractivity contribution is -0.192.